The van der Waals surface area contributed by atoms with Gasteiger partial charge in [0, 0.05) is 18.0 Å². The van der Waals surface area contributed by atoms with E-state index in [-0.39, 0.29) is 17.9 Å². The van der Waals surface area contributed by atoms with E-state index in [1.165, 1.54) is 0 Å². The number of hydrogen-bond donors (Lipinski definition) is 1. The molecule has 0 saturated heterocycles. The highest BCUT2D eigenvalue weighted by molar-refractivity contribution is 6.02. The summed E-state index contributed by atoms with van der Waals surface area (Å²) in [5.41, 5.74) is 5.18. The second-order valence-electron chi connectivity index (χ2n) is 10.8. The highest BCUT2D eigenvalue weighted by atomic mass is 16.5. The molecule has 0 radical (unpaired) electrons. The monoisotopic (exact) mass is 508 g/mol. The van der Waals surface area contributed by atoms with E-state index in [1.54, 1.807) is 19.4 Å². The molecule has 1 heterocycles. The molecule has 0 aliphatic carbocycles. The van der Waals surface area contributed by atoms with Crippen molar-refractivity contribution in [3.8, 4) is 16.9 Å². The number of nitrogens with zero attached hydrogens (tertiary/aromatic N) is 2. The van der Waals surface area contributed by atoms with Gasteiger partial charge in [-0.25, -0.2) is 4.98 Å². The predicted octanol–water partition coefficient (Wildman–Crippen LogP) is 7.19. The van der Waals surface area contributed by atoms with Crippen LogP contribution in [-0.2, 0) is 11.3 Å². The molecular weight excluding hydrogens is 472 g/mol. The highest BCUT2D eigenvalue weighted by Gasteiger charge is 2.25. The summed E-state index contributed by atoms with van der Waals surface area (Å²) in [6.45, 7) is 8.68. The molecule has 196 valence electrons. The average Bonchev–Trinajstić information content (AvgIpc) is 2.89. The normalized spacial score (nSPS) is 11.7. The molecule has 1 aromatic heterocycles. The molecule has 4 aromatic rings. The number of aromatic nitrogens is 1. The molecule has 0 bridgehead atoms. The number of aliphatic hydroxyl groups is 1. The molecule has 0 saturated carbocycles. The molecule has 5 nitrogen and oxygen atoms in total. The van der Waals surface area contributed by atoms with Crippen LogP contribution in [0.2, 0.25) is 0 Å². The smallest absolute Gasteiger partial charge is 0.229 e. The number of amides is 1. The van der Waals surface area contributed by atoms with Crippen LogP contribution in [0, 0.1) is 12.3 Å². The van der Waals surface area contributed by atoms with Crippen molar-refractivity contribution in [2.75, 3.05) is 18.6 Å². The van der Waals surface area contributed by atoms with Gasteiger partial charge in [-0.05, 0) is 69.8 Å². The average molecular weight is 509 g/mol. The Morgan fingerprint density at radius 2 is 1.74 bits per heavy atom. The molecule has 3 aromatic carbocycles. The number of ether oxygens (including phenoxy) is 1. The van der Waals surface area contributed by atoms with Gasteiger partial charge in [-0.1, -0.05) is 75.4 Å². The van der Waals surface area contributed by atoms with Crippen molar-refractivity contribution in [1.29, 1.82) is 0 Å². The molecule has 0 aliphatic rings. The predicted molar refractivity (Wildman–Crippen MR) is 156 cm³/mol. The third kappa shape index (κ3) is 6.48. The van der Waals surface area contributed by atoms with E-state index in [9.17, 15) is 4.79 Å². The minimum absolute atomic E-state index is 0.00836. The number of aryl methyl sites for hydroxylation is 1. The second-order valence-corrected chi connectivity index (χ2v) is 10.8. The first-order chi connectivity index (χ1) is 18.2. The molecule has 1 N–H and O–H groups in total. The first kappa shape index (κ1) is 27.1. The fourth-order valence-corrected chi connectivity index (χ4v) is 4.56. The number of fused-ring (bicyclic) bond motifs is 1. The van der Waals surface area contributed by atoms with Crippen LogP contribution in [-0.4, -0.2) is 29.7 Å². The quantitative estimate of drug-likeness (QED) is 0.273. The first-order valence-electron chi connectivity index (χ1n) is 12.9. The summed E-state index contributed by atoms with van der Waals surface area (Å²) >= 11 is 0. The van der Waals surface area contributed by atoms with Gasteiger partial charge in [0.05, 0.1) is 20.3 Å². The fraction of sp³-hybridized carbons (Fsp3) is 0.273. The van der Waals surface area contributed by atoms with Gasteiger partial charge in [0.25, 0.3) is 0 Å². The van der Waals surface area contributed by atoms with E-state index in [1.807, 2.05) is 48.2 Å². The lowest BCUT2D eigenvalue weighted by atomic mass is 9.91. The van der Waals surface area contributed by atoms with Gasteiger partial charge >= 0.3 is 0 Å². The standard InChI is InChI=1S/C33H36N2O3/c1-23-19-27(13-15-30(23)38-5)26-11-8-25(9-12-26)22-35(31(37)21-33(2,3)4)32-29-14-10-24(7-6-18-36)20-28(29)16-17-34-32/h6-17,19-20,36H,18,21-22H2,1-5H3/b7-6+. The van der Waals surface area contributed by atoms with E-state index in [0.29, 0.717) is 18.8 Å². The molecule has 5 heteroatoms. The topological polar surface area (TPSA) is 62.7 Å². The molecule has 0 atom stereocenters. The zero-order chi connectivity index (χ0) is 27.3. The van der Waals surface area contributed by atoms with E-state index in [0.717, 1.165) is 44.3 Å². The van der Waals surface area contributed by atoms with Gasteiger partial charge in [-0.15, -0.1) is 0 Å². The van der Waals surface area contributed by atoms with Gasteiger partial charge in [0.2, 0.25) is 5.91 Å². The minimum Gasteiger partial charge on any atom is -0.496 e. The van der Waals surface area contributed by atoms with Gasteiger partial charge in [-0.3, -0.25) is 9.69 Å². The lowest BCUT2D eigenvalue weighted by Gasteiger charge is -2.27. The molecule has 0 fully saturated rings. The number of benzene rings is 3. The summed E-state index contributed by atoms with van der Waals surface area (Å²) in [5, 5.41) is 11.0. The third-order valence-corrected chi connectivity index (χ3v) is 6.44. The molecule has 38 heavy (non-hydrogen) atoms. The Kier molecular flexibility index (Phi) is 8.28. The number of aliphatic hydroxyl groups excluding tert-OH is 1. The van der Waals surface area contributed by atoms with Crippen LogP contribution < -0.4 is 9.64 Å². The number of carbonyl (C=O) groups excluding carboxylic acids is 1. The SMILES string of the molecule is COc1ccc(-c2ccc(CN(C(=O)CC(C)(C)C)c3nccc4cc(/C=C/CO)ccc34)cc2)cc1C. The number of anilines is 1. The first-order valence-corrected chi connectivity index (χ1v) is 12.9. The van der Waals surface area contributed by atoms with Crippen molar-refractivity contribution in [2.24, 2.45) is 5.41 Å². The molecule has 0 spiro atoms. The Bertz CT molecular complexity index is 1450. The molecule has 0 aliphatic heterocycles. The maximum absolute atomic E-state index is 13.6. The van der Waals surface area contributed by atoms with Gasteiger partial charge < -0.3 is 9.84 Å². The van der Waals surface area contributed by atoms with Crippen molar-refractivity contribution in [2.45, 2.75) is 40.7 Å². The van der Waals surface area contributed by atoms with E-state index in [2.05, 4.69) is 62.2 Å². The van der Waals surface area contributed by atoms with Gasteiger partial charge in [0.15, 0.2) is 0 Å². The number of hydrogen-bond acceptors (Lipinski definition) is 4. The van der Waals surface area contributed by atoms with Crippen molar-refractivity contribution in [3.63, 3.8) is 0 Å². The molecule has 0 unspecified atom stereocenters. The minimum atomic E-state index is -0.155. The van der Waals surface area contributed by atoms with Crippen molar-refractivity contribution in [3.05, 3.63) is 95.7 Å². The van der Waals surface area contributed by atoms with Gasteiger partial charge in [0.1, 0.15) is 11.6 Å². The second kappa shape index (κ2) is 11.6. The number of carbonyl (C=O) groups is 1. The molecule has 4 rings (SSSR count). The summed E-state index contributed by atoms with van der Waals surface area (Å²) in [4.78, 5) is 20.1. The van der Waals surface area contributed by atoms with E-state index >= 15 is 0 Å². The van der Waals surface area contributed by atoms with E-state index < -0.39 is 0 Å². The van der Waals surface area contributed by atoms with Crippen molar-refractivity contribution < 1.29 is 14.6 Å². The summed E-state index contributed by atoms with van der Waals surface area (Å²) in [6.07, 6.45) is 5.75. The maximum Gasteiger partial charge on any atom is 0.229 e. The van der Waals surface area contributed by atoms with Crippen LogP contribution in [0.1, 0.15) is 43.9 Å². The van der Waals surface area contributed by atoms with Gasteiger partial charge in [-0.2, -0.15) is 0 Å². The molecular formula is C33H36N2O3. The Labute approximate surface area is 225 Å². The highest BCUT2D eigenvalue weighted by Crippen LogP contribution is 2.31. The molecule has 1 amide bonds. The van der Waals surface area contributed by atoms with Crippen LogP contribution in [0.25, 0.3) is 28.0 Å². The van der Waals surface area contributed by atoms with Crippen molar-refractivity contribution in [1.82, 2.24) is 4.98 Å². The Balaban J connectivity index is 1.68. The lowest BCUT2D eigenvalue weighted by molar-refractivity contribution is -0.120. The van der Waals surface area contributed by atoms with Crippen LogP contribution in [0.4, 0.5) is 5.82 Å². The summed E-state index contributed by atoms with van der Waals surface area (Å²) in [6, 6.07) is 22.5. The maximum atomic E-state index is 13.6. The Hall–Kier alpha value is -3.96. The van der Waals surface area contributed by atoms with Crippen LogP contribution in [0.3, 0.4) is 0 Å². The van der Waals surface area contributed by atoms with Crippen molar-refractivity contribution >= 4 is 28.6 Å². The zero-order valence-corrected chi connectivity index (χ0v) is 22.9. The Morgan fingerprint density at radius 1 is 1.00 bits per heavy atom. The van der Waals surface area contributed by atoms with Crippen LogP contribution in [0.5, 0.6) is 5.75 Å². The van der Waals surface area contributed by atoms with Crippen LogP contribution in [0.15, 0.2) is 79.0 Å². The lowest BCUT2D eigenvalue weighted by Crippen LogP contribution is -2.34. The Morgan fingerprint density at radius 3 is 2.39 bits per heavy atom. The summed E-state index contributed by atoms with van der Waals surface area (Å²) < 4.78 is 5.40. The largest absolute Gasteiger partial charge is 0.496 e. The third-order valence-electron chi connectivity index (χ3n) is 6.44. The zero-order valence-electron chi connectivity index (χ0n) is 22.9. The number of methoxy groups -OCH3 is 1. The van der Waals surface area contributed by atoms with Crippen LogP contribution >= 0.6 is 0 Å². The fourth-order valence-electron chi connectivity index (χ4n) is 4.56. The summed E-state index contributed by atoms with van der Waals surface area (Å²) in [7, 11) is 1.68. The number of rotatable bonds is 8. The summed E-state index contributed by atoms with van der Waals surface area (Å²) in [5.74, 6) is 1.57. The number of pyridine rings is 1. The van der Waals surface area contributed by atoms with E-state index in [4.69, 9.17) is 9.84 Å².